The van der Waals surface area contributed by atoms with Gasteiger partial charge in [0, 0.05) is 25.1 Å². The highest BCUT2D eigenvalue weighted by Crippen LogP contribution is 2.33. The molecule has 0 saturated heterocycles. The number of hydrogen-bond acceptors (Lipinski definition) is 3. The van der Waals surface area contributed by atoms with Crippen LogP contribution in [0.4, 0.5) is 0 Å². The quantitative estimate of drug-likeness (QED) is 0.777. The topological polar surface area (TPSA) is 77.8 Å². The molecule has 2 aliphatic carbocycles. The molecule has 0 heterocycles. The Hall–Kier alpha value is -1.10. The molecule has 0 aromatic heterocycles. The van der Waals surface area contributed by atoms with E-state index in [1.807, 2.05) is 4.90 Å². The lowest BCUT2D eigenvalue weighted by Crippen LogP contribution is -2.48. The van der Waals surface area contributed by atoms with Crippen LogP contribution in [0.1, 0.15) is 51.4 Å². The van der Waals surface area contributed by atoms with Crippen molar-refractivity contribution in [2.24, 2.45) is 11.8 Å². The second-order valence-corrected chi connectivity index (χ2v) is 6.08. The number of carboxylic acid groups (broad SMARTS) is 1. The van der Waals surface area contributed by atoms with Gasteiger partial charge in [-0.2, -0.15) is 0 Å². The third-order valence-electron chi connectivity index (χ3n) is 4.78. The zero-order valence-electron chi connectivity index (χ0n) is 12.0. The molecule has 20 heavy (non-hydrogen) atoms. The molecule has 0 bridgehead atoms. The minimum atomic E-state index is -0.730. The molecule has 2 saturated carbocycles. The molecule has 2 rings (SSSR count). The van der Waals surface area contributed by atoms with Gasteiger partial charge < -0.3 is 15.1 Å². The molecule has 0 aromatic rings. The van der Waals surface area contributed by atoms with Crippen molar-refractivity contribution in [3.63, 3.8) is 0 Å². The van der Waals surface area contributed by atoms with Gasteiger partial charge in [-0.25, -0.2) is 0 Å². The predicted molar refractivity (Wildman–Crippen MR) is 74.1 cm³/mol. The summed E-state index contributed by atoms with van der Waals surface area (Å²) in [7, 11) is 0. The lowest BCUT2D eigenvalue weighted by Gasteiger charge is -2.40. The van der Waals surface area contributed by atoms with E-state index in [-0.39, 0.29) is 24.3 Å². The van der Waals surface area contributed by atoms with Crippen molar-refractivity contribution in [1.29, 1.82) is 0 Å². The molecule has 2 N–H and O–H groups in total. The summed E-state index contributed by atoms with van der Waals surface area (Å²) < 4.78 is 0. The van der Waals surface area contributed by atoms with Crippen LogP contribution < -0.4 is 0 Å². The lowest BCUT2D eigenvalue weighted by atomic mass is 9.80. The number of aliphatic carboxylic acids is 1. The Balaban J connectivity index is 1.89. The van der Waals surface area contributed by atoms with Crippen molar-refractivity contribution in [1.82, 2.24) is 4.90 Å². The van der Waals surface area contributed by atoms with E-state index in [1.165, 1.54) is 6.42 Å². The average Bonchev–Trinajstić information content (AvgIpc) is 2.40. The number of amides is 1. The molecular weight excluding hydrogens is 258 g/mol. The van der Waals surface area contributed by atoms with Crippen molar-refractivity contribution in [2.75, 3.05) is 13.2 Å². The molecule has 2 aliphatic rings. The molecule has 5 nitrogen and oxygen atoms in total. The van der Waals surface area contributed by atoms with E-state index in [1.54, 1.807) is 0 Å². The first kappa shape index (κ1) is 15.3. The summed E-state index contributed by atoms with van der Waals surface area (Å²) in [5.41, 5.74) is 0. The van der Waals surface area contributed by atoms with Crippen LogP contribution in [-0.4, -0.2) is 46.2 Å². The van der Waals surface area contributed by atoms with Crippen molar-refractivity contribution in [3.05, 3.63) is 0 Å². The zero-order chi connectivity index (χ0) is 14.5. The fraction of sp³-hybridized carbons (Fsp3) is 0.867. The van der Waals surface area contributed by atoms with Gasteiger partial charge in [-0.15, -0.1) is 0 Å². The average molecular weight is 283 g/mol. The standard InChI is InChI=1S/C15H25NO4/c17-10-2-9-16(13-3-1-4-13)14(18)11-5-7-12(8-6-11)15(19)20/h11-13,17H,1-10H2,(H,19,20). The Morgan fingerprint density at radius 1 is 1.00 bits per heavy atom. The highest BCUT2D eigenvalue weighted by Gasteiger charge is 2.35. The van der Waals surface area contributed by atoms with Crippen molar-refractivity contribution < 1.29 is 19.8 Å². The molecule has 0 spiro atoms. The maximum absolute atomic E-state index is 12.6. The third kappa shape index (κ3) is 3.51. The van der Waals surface area contributed by atoms with Crippen LogP contribution in [0.3, 0.4) is 0 Å². The monoisotopic (exact) mass is 283 g/mol. The summed E-state index contributed by atoms with van der Waals surface area (Å²) >= 11 is 0. The molecule has 2 fully saturated rings. The van der Waals surface area contributed by atoms with E-state index in [4.69, 9.17) is 10.2 Å². The predicted octanol–water partition coefficient (Wildman–Crippen LogP) is 1.64. The van der Waals surface area contributed by atoms with Gasteiger partial charge in [0.05, 0.1) is 5.92 Å². The van der Waals surface area contributed by atoms with Crippen LogP contribution in [0.2, 0.25) is 0 Å². The number of hydrogen-bond donors (Lipinski definition) is 2. The third-order valence-corrected chi connectivity index (χ3v) is 4.78. The van der Waals surface area contributed by atoms with Crippen LogP contribution in [0, 0.1) is 11.8 Å². The van der Waals surface area contributed by atoms with Gasteiger partial charge in [-0.1, -0.05) is 0 Å². The Morgan fingerprint density at radius 3 is 2.05 bits per heavy atom. The Morgan fingerprint density at radius 2 is 1.60 bits per heavy atom. The zero-order valence-corrected chi connectivity index (χ0v) is 12.0. The number of rotatable bonds is 6. The number of aliphatic hydroxyl groups is 1. The first-order chi connectivity index (χ1) is 9.63. The molecule has 5 heteroatoms. The molecule has 0 unspecified atom stereocenters. The first-order valence-electron chi connectivity index (χ1n) is 7.77. The van der Waals surface area contributed by atoms with E-state index in [0.717, 1.165) is 12.8 Å². The summed E-state index contributed by atoms with van der Waals surface area (Å²) in [5, 5.41) is 18.0. The van der Waals surface area contributed by atoms with Crippen molar-refractivity contribution in [3.8, 4) is 0 Å². The van der Waals surface area contributed by atoms with Crippen LogP contribution in [0.5, 0.6) is 0 Å². The summed E-state index contributed by atoms with van der Waals surface area (Å²) in [5.74, 6) is -0.822. The fourth-order valence-corrected chi connectivity index (χ4v) is 3.23. The smallest absolute Gasteiger partial charge is 0.306 e. The lowest BCUT2D eigenvalue weighted by molar-refractivity contribution is -0.147. The molecule has 1 amide bonds. The van der Waals surface area contributed by atoms with Gasteiger partial charge in [-0.05, 0) is 51.4 Å². The number of nitrogens with zero attached hydrogens (tertiary/aromatic N) is 1. The van der Waals surface area contributed by atoms with Crippen LogP contribution in [-0.2, 0) is 9.59 Å². The summed E-state index contributed by atoms with van der Waals surface area (Å²) in [6.07, 6.45) is 6.57. The molecule has 0 atom stereocenters. The number of carbonyl (C=O) groups excluding carboxylic acids is 1. The minimum absolute atomic E-state index is 0.00936. The van der Waals surface area contributed by atoms with Gasteiger partial charge in [0.2, 0.25) is 5.91 Å². The SMILES string of the molecule is O=C(O)C1CCC(C(=O)N(CCCO)C2CCC2)CC1. The first-order valence-corrected chi connectivity index (χ1v) is 7.77. The van der Waals surface area contributed by atoms with Gasteiger partial charge in [0.15, 0.2) is 0 Å². The summed E-state index contributed by atoms with van der Waals surface area (Å²) in [6, 6.07) is 0.353. The van der Waals surface area contributed by atoms with Crippen molar-refractivity contribution >= 4 is 11.9 Å². The normalized spacial score (nSPS) is 26.9. The molecule has 0 aromatic carbocycles. The summed E-state index contributed by atoms with van der Waals surface area (Å²) in [4.78, 5) is 25.5. The maximum Gasteiger partial charge on any atom is 0.306 e. The van der Waals surface area contributed by atoms with Gasteiger partial charge in [-0.3, -0.25) is 9.59 Å². The maximum atomic E-state index is 12.6. The van der Waals surface area contributed by atoms with Crippen LogP contribution in [0.25, 0.3) is 0 Å². The molecule has 0 radical (unpaired) electrons. The van der Waals surface area contributed by atoms with Gasteiger partial charge in [0.25, 0.3) is 0 Å². The number of carbonyl (C=O) groups is 2. The van der Waals surface area contributed by atoms with Crippen LogP contribution in [0.15, 0.2) is 0 Å². The number of carboxylic acids is 1. The molecular formula is C15H25NO4. The second kappa shape index (κ2) is 7.07. The number of aliphatic hydroxyl groups excluding tert-OH is 1. The molecule has 0 aliphatic heterocycles. The Bertz CT molecular complexity index is 346. The summed E-state index contributed by atoms with van der Waals surface area (Å²) in [6.45, 7) is 0.751. The second-order valence-electron chi connectivity index (χ2n) is 6.08. The van der Waals surface area contributed by atoms with E-state index in [2.05, 4.69) is 0 Å². The Labute approximate surface area is 120 Å². The van der Waals surface area contributed by atoms with Crippen molar-refractivity contribution in [2.45, 2.75) is 57.4 Å². The Kier molecular flexibility index (Phi) is 5.40. The van der Waals surface area contributed by atoms with E-state index in [9.17, 15) is 9.59 Å². The largest absolute Gasteiger partial charge is 0.481 e. The van der Waals surface area contributed by atoms with Gasteiger partial charge >= 0.3 is 5.97 Å². The highest BCUT2D eigenvalue weighted by atomic mass is 16.4. The fourth-order valence-electron chi connectivity index (χ4n) is 3.23. The minimum Gasteiger partial charge on any atom is -0.481 e. The van der Waals surface area contributed by atoms with Gasteiger partial charge in [0.1, 0.15) is 0 Å². The highest BCUT2D eigenvalue weighted by molar-refractivity contribution is 5.80. The molecule has 114 valence electrons. The van der Waals surface area contributed by atoms with E-state index < -0.39 is 5.97 Å². The van der Waals surface area contributed by atoms with E-state index in [0.29, 0.717) is 44.7 Å². The van der Waals surface area contributed by atoms with Crippen LogP contribution >= 0.6 is 0 Å². The van der Waals surface area contributed by atoms with E-state index >= 15 is 0 Å².